The van der Waals surface area contributed by atoms with E-state index in [1.54, 1.807) is 32.4 Å². The minimum Gasteiger partial charge on any atom is -0.508 e. The van der Waals surface area contributed by atoms with Crippen LogP contribution in [0.25, 0.3) is 0 Å². The normalized spacial score (nSPS) is 20.7. The van der Waals surface area contributed by atoms with Crippen molar-refractivity contribution < 1.29 is 14.6 Å². The molecule has 0 aromatic heterocycles. The molecule has 0 bridgehead atoms. The molecule has 0 amide bonds. The summed E-state index contributed by atoms with van der Waals surface area (Å²) < 4.78 is 10.9. The first kappa shape index (κ1) is 19.8. The van der Waals surface area contributed by atoms with Crippen molar-refractivity contribution >= 4 is 29.9 Å². The zero-order chi connectivity index (χ0) is 16.0. The van der Waals surface area contributed by atoms with Crippen molar-refractivity contribution in [2.75, 3.05) is 27.3 Å². The van der Waals surface area contributed by atoms with Gasteiger partial charge in [0.05, 0.1) is 12.7 Å². The highest BCUT2D eigenvalue weighted by molar-refractivity contribution is 14.0. The van der Waals surface area contributed by atoms with Crippen LogP contribution in [0.1, 0.15) is 25.3 Å². The molecule has 130 valence electrons. The first-order chi connectivity index (χ1) is 10.6. The van der Waals surface area contributed by atoms with Crippen molar-refractivity contribution in [2.24, 2.45) is 4.99 Å². The number of halogens is 1. The Balaban J connectivity index is 0.00000264. The third kappa shape index (κ3) is 5.72. The summed E-state index contributed by atoms with van der Waals surface area (Å²) in [5.74, 6) is 1.62. The Morgan fingerprint density at radius 1 is 1.43 bits per heavy atom. The van der Waals surface area contributed by atoms with Crippen LogP contribution in [-0.2, 0) is 11.3 Å². The van der Waals surface area contributed by atoms with Gasteiger partial charge in [0.15, 0.2) is 5.96 Å². The molecule has 1 aliphatic rings. The number of methoxy groups -OCH3 is 1. The summed E-state index contributed by atoms with van der Waals surface area (Å²) in [7, 11) is 3.32. The summed E-state index contributed by atoms with van der Waals surface area (Å²) in [6.07, 6.45) is 2.15. The number of benzene rings is 1. The highest BCUT2D eigenvalue weighted by Crippen LogP contribution is 2.24. The minimum absolute atomic E-state index is 0. The number of guanidine groups is 1. The maximum absolute atomic E-state index is 9.88. The summed E-state index contributed by atoms with van der Waals surface area (Å²) >= 11 is 0. The quantitative estimate of drug-likeness (QED) is 0.376. The fraction of sp³-hybridized carbons (Fsp3) is 0.562. The second kappa shape index (κ2) is 9.17. The monoisotopic (exact) mass is 435 g/mol. The maximum Gasteiger partial charge on any atom is 0.191 e. The third-order valence-electron chi connectivity index (χ3n) is 3.89. The summed E-state index contributed by atoms with van der Waals surface area (Å²) in [5, 5.41) is 16.3. The van der Waals surface area contributed by atoms with E-state index >= 15 is 0 Å². The number of hydrogen-bond acceptors (Lipinski definition) is 4. The molecule has 0 radical (unpaired) electrons. The molecule has 0 saturated carbocycles. The second-order valence-electron chi connectivity index (χ2n) is 5.68. The molecule has 1 aromatic rings. The molecule has 1 fully saturated rings. The maximum atomic E-state index is 9.88. The molecule has 1 aromatic carbocycles. The molecule has 1 saturated heterocycles. The number of ether oxygens (including phenoxy) is 2. The standard InChI is InChI=1S/C16H25N3O3.HI/c1-16(7-4-8-22-16)11-19-15(17-2)18-10-12-9-13(21-3)5-6-14(12)20;/h5-6,9,20H,4,7-8,10-11H2,1-3H3,(H2,17,18,19);1H. The average molecular weight is 435 g/mol. The van der Waals surface area contributed by atoms with Crippen molar-refractivity contribution in [3.05, 3.63) is 23.8 Å². The molecule has 1 unspecified atom stereocenters. The Morgan fingerprint density at radius 2 is 2.22 bits per heavy atom. The molecule has 1 heterocycles. The molecule has 0 aliphatic carbocycles. The number of hydrogen-bond donors (Lipinski definition) is 3. The van der Waals surface area contributed by atoms with Gasteiger partial charge in [-0.05, 0) is 38.0 Å². The fourth-order valence-corrected chi connectivity index (χ4v) is 2.48. The van der Waals surface area contributed by atoms with E-state index in [0.29, 0.717) is 24.8 Å². The van der Waals surface area contributed by atoms with E-state index in [1.165, 1.54) is 0 Å². The summed E-state index contributed by atoms with van der Waals surface area (Å²) in [6.45, 7) is 4.09. The van der Waals surface area contributed by atoms with Gasteiger partial charge in [0, 0.05) is 32.3 Å². The lowest BCUT2D eigenvalue weighted by molar-refractivity contribution is 0.0243. The molecular formula is C16H26IN3O3. The van der Waals surface area contributed by atoms with Crippen LogP contribution in [0.3, 0.4) is 0 Å². The van der Waals surface area contributed by atoms with E-state index in [-0.39, 0.29) is 35.3 Å². The Hall–Kier alpha value is -1.22. The lowest BCUT2D eigenvalue weighted by atomic mass is 10.0. The number of aliphatic imine (C=N–C) groups is 1. The van der Waals surface area contributed by atoms with E-state index in [0.717, 1.165) is 25.0 Å². The van der Waals surface area contributed by atoms with Gasteiger partial charge >= 0.3 is 0 Å². The average Bonchev–Trinajstić information content (AvgIpc) is 2.96. The van der Waals surface area contributed by atoms with Crippen molar-refractivity contribution in [3.8, 4) is 11.5 Å². The van der Waals surface area contributed by atoms with E-state index in [1.807, 2.05) is 0 Å². The highest BCUT2D eigenvalue weighted by Gasteiger charge is 2.29. The van der Waals surface area contributed by atoms with Crippen LogP contribution in [0.4, 0.5) is 0 Å². The van der Waals surface area contributed by atoms with Gasteiger partial charge in [0.25, 0.3) is 0 Å². The van der Waals surface area contributed by atoms with Gasteiger partial charge in [-0.2, -0.15) is 0 Å². The second-order valence-corrected chi connectivity index (χ2v) is 5.68. The molecule has 2 rings (SSSR count). The SMILES string of the molecule is CN=C(NCc1cc(OC)ccc1O)NCC1(C)CCCO1.I. The van der Waals surface area contributed by atoms with Gasteiger partial charge < -0.3 is 25.2 Å². The number of aromatic hydroxyl groups is 1. The van der Waals surface area contributed by atoms with Crippen molar-refractivity contribution in [1.29, 1.82) is 0 Å². The number of phenolic OH excluding ortho intramolecular Hbond substituents is 1. The van der Waals surface area contributed by atoms with Crippen LogP contribution >= 0.6 is 24.0 Å². The predicted molar refractivity (Wildman–Crippen MR) is 102 cm³/mol. The van der Waals surface area contributed by atoms with Crippen molar-refractivity contribution in [2.45, 2.75) is 31.9 Å². The Morgan fingerprint density at radius 3 is 2.83 bits per heavy atom. The molecule has 1 atom stereocenters. The molecule has 6 nitrogen and oxygen atoms in total. The van der Waals surface area contributed by atoms with Crippen LogP contribution in [0.2, 0.25) is 0 Å². The lowest BCUT2D eigenvalue weighted by Gasteiger charge is -2.24. The molecule has 23 heavy (non-hydrogen) atoms. The van der Waals surface area contributed by atoms with Crippen LogP contribution in [0, 0.1) is 0 Å². The zero-order valence-corrected chi connectivity index (χ0v) is 16.2. The number of nitrogens with one attached hydrogen (secondary N) is 2. The summed E-state index contributed by atoms with van der Waals surface area (Å²) in [6, 6.07) is 5.15. The van der Waals surface area contributed by atoms with Gasteiger partial charge in [0.2, 0.25) is 0 Å². The minimum atomic E-state index is -0.129. The largest absolute Gasteiger partial charge is 0.508 e. The van der Waals surface area contributed by atoms with E-state index in [4.69, 9.17) is 9.47 Å². The predicted octanol–water partition coefficient (Wildman–Crippen LogP) is 2.25. The van der Waals surface area contributed by atoms with Crippen LogP contribution in [0.15, 0.2) is 23.2 Å². The number of rotatable bonds is 5. The van der Waals surface area contributed by atoms with E-state index < -0.39 is 0 Å². The molecule has 1 aliphatic heterocycles. The van der Waals surface area contributed by atoms with E-state index in [9.17, 15) is 5.11 Å². The zero-order valence-electron chi connectivity index (χ0n) is 13.9. The topological polar surface area (TPSA) is 75.1 Å². The first-order valence-corrected chi connectivity index (χ1v) is 7.51. The molecular weight excluding hydrogens is 409 g/mol. The first-order valence-electron chi connectivity index (χ1n) is 7.51. The fourth-order valence-electron chi connectivity index (χ4n) is 2.48. The van der Waals surface area contributed by atoms with Crippen molar-refractivity contribution in [1.82, 2.24) is 10.6 Å². The molecule has 0 spiro atoms. The molecule has 7 heteroatoms. The van der Waals surface area contributed by atoms with Gasteiger partial charge in [0.1, 0.15) is 11.5 Å². The lowest BCUT2D eigenvalue weighted by Crippen LogP contribution is -2.45. The number of nitrogens with zero attached hydrogens (tertiary/aromatic N) is 1. The van der Waals surface area contributed by atoms with E-state index in [2.05, 4.69) is 22.5 Å². The van der Waals surface area contributed by atoms with Crippen LogP contribution in [-0.4, -0.2) is 44.0 Å². The van der Waals surface area contributed by atoms with Gasteiger partial charge in [-0.3, -0.25) is 4.99 Å². The smallest absolute Gasteiger partial charge is 0.191 e. The Labute approximate surface area is 154 Å². The highest BCUT2D eigenvalue weighted by atomic mass is 127. The summed E-state index contributed by atoms with van der Waals surface area (Å²) in [4.78, 5) is 4.19. The molecule has 3 N–H and O–H groups in total. The van der Waals surface area contributed by atoms with Crippen LogP contribution < -0.4 is 15.4 Å². The van der Waals surface area contributed by atoms with Gasteiger partial charge in [-0.25, -0.2) is 0 Å². The van der Waals surface area contributed by atoms with Gasteiger partial charge in [-0.1, -0.05) is 0 Å². The third-order valence-corrected chi connectivity index (χ3v) is 3.89. The van der Waals surface area contributed by atoms with Crippen LogP contribution in [0.5, 0.6) is 11.5 Å². The van der Waals surface area contributed by atoms with Gasteiger partial charge in [-0.15, -0.1) is 24.0 Å². The summed E-state index contributed by atoms with van der Waals surface area (Å²) in [5.41, 5.74) is 0.626. The Kier molecular flexibility index (Phi) is 7.90. The van der Waals surface area contributed by atoms with Crippen molar-refractivity contribution in [3.63, 3.8) is 0 Å². The number of phenols is 1. The Bertz CT molecular complexity index is 531.